The maximum absolute atomic E-state index is 14.4. The Bertz CT molecular complexity index is 1810. The first-order valence-electron chi connectivity index (χ1n) is 13.9. The largest absolute Gasteiger partial charge is 0.480 e. The summed E-state index contributed by atoms with van der Waals surface area (Å²) in [4.78, 5) is 42.5. The number of hydrogen-bond donors (Lipinski definition) is 1. The van der Waals surface area contributed by atoms with Gasteiger partial charge in [0.25, 0.3) is 11.5 Å². The molecule has 1 atom stereocenters. The van der Waals surface area contributed by atoms with Gasteiger partial charge < -0.3 is 10.0 Å². The lowest BCUT2D eigenvalue weighted by Crippen LogP contribution is -2.45. The minimum absolute atomic E-state index is 0.0328. The van der Waals surface area contributed by atoms with Gasteiger partial charge in [-0.3, -0.25) is 14.2 Å². The topological polar surface area (TPSA) is 82.8 Å². The Balaban J connectivity index is 1.73. The van der Waals surface area contributed by atoms with Crippen LogP contribution in [0.3, 0.4) is 0 Å². The first-order chi connectivity index (χ1) is 20.5. The van der Waals surface area contributed by atoms with Gasteiger partial charge >= 0.3 is 12.1 Å². The summed E-state index contributed by atoms with van der Waals surface area (Å²) in [7, 11) is 1.66. The molecule has 0 saturated carbocycles. The minimum Gasteiger partial charge on any atom is -0.480 e. The van der Waals surface area contributed by atoms with E-state index in [1.54, 1.807) is 16.3 Å². The van der Waals surface area contributed by atoms with Crippen LogP contribution in [-0.4, -0.2) is 57.4 Å². The zero-order chi connectivity index (χ0) is 30.5. The number of nitrogens with zero attached hydrogens (tertiary/aromatic N) is 3. The van der Waals surface area contributed by atoms with E-state index in [2.05, 4.69) is 0 Å². The van der Waals surface area contributed by atoms with Crippen LogP contribution in [-0.2, 0) is 17.4 Å². The van der Waals surface area contributed by atoms with Crippen molar-refractivity contribution in [2.24, 2.45) is 0 Å². The van der Waals surface area contributed by atoms with Crippen LogP contribution in [0.5, 0.6) is 0 Å². The van der Waals surface area contributed by atoms with Gasteiger partial charge in [-0.15, -0.1) is 0 Å². The van der Waals surface area contributed by atoms with E-state index in [-0.39, 0.29) is 40.2 Å². The molecule has 7 nitrogen and oxygen atoms in total. The standard InChI is InChI=1S/C32H28F3N3O4S/c1-36-18-25(31(41)42)38-29(40)27(28(39)37-14-4-5-15-37)24(17-20-10-6-9-19-8-2-3-13-23(19)20)26(30(38)43-36)21-11-7-12-22(16-21)32(33,34)35/h2-3,6-13,16,25H,4-5,14-15,17-18H2,1H3,(H,41,42). The van der Waals surface area contributed by atoms with Crippen molar-refractivity contribution in [3.63, 3.8) is 0 Å². The molecular weight excluding hydrogens is 579 g/mol. The van der Waals surface area contributed by atoms with Crippen molar-refractivity contribution in [1.29, 1.82) is 0 Å². The van der Waals surface area contributed by atoms with E-state index < -0.39 is 35.2 Å². The summed E-state index contributed by atoms with van der Waals surface area (Å²) in [5, 5.41) is 12.2. The van der Waals surface area contributed by atoms with Gasteiger partial charge in [-0.25, -0.2) is 9.10 Å². The molecule has 1 saturated heterocycles. The molecule has 11 heteroatoms. The number of carbonyl (C=O) groups is 2. The number of halogens is 3. The summed E-state index contributed by atoms with van der Waals surface area (Å²) in [5.74, 6) is -1.80. The van der Waals surface area contributed by atoms with Crippen molar-refractivity contribution in [3.8, 4) is 11.1 Å². The normalized spacial score (nSPS) is 17.3. The highest BCUT2D eigenvalue weighted by Crippen LogP contribution is 2.43. The van der Waals surface area contributed by atoms with Gasteiger partial charge in [-0.05, 0) is 77.9 Å². The van der Waals surface area contributed by atoms with E-state index >= 15 is 0 Å². The third-order valence-corrected chi connectivity index (χ3v) is 9.11. The summed E-state index contributed by atoms with van der Waals surface area (Å²) in [5.41, 5.74) is -0.346. The van der Waals surface area contributed by atoms with Crippen molar-refractivity contribution in [3.05, 3.63) is 99.3 Å². The first kappa shape index (κ1) is 29.0. The number of likely N-dealkylation sites (tertiary alicyclic amines) is 1. The maximum atomic E-state index is 14.4. The third-order valence-electron chi connectivity index (χ3n) is 8.07. The van der Waals surface area contributed by atoms with Crippen LogP contribution in [0.2, 0.25) is 0 Å². The summed E-state index contributed by atoms with van der Waals surface area (Å²) in [6, 6.07) is 16.7. The molecule has 1 amide bonds. The maximum Gasteiger partial charge on any atom is 0.416 e. The van der Waals surface area contributed by atoms with Crippen molar-refractivity contribution in [2.75, 3.05) is 26.7 Å². The SMILES string of the molecule is CN1CC(C(=O)O)n2c(c(-c3cccc(C(F)(F)F)c3)c(Cc3cccc4ccccc34)c(C(=O)N3CCCC3)c2=O)S1. The van der Waals surface area contributed by atoms with E-state index in [0.717, 1.165) is 57.8 Å². The third kappa shape index (κ3) is 5.31. The smallest absolute Gasteiger partial charge is 0.416 e. The van der Waals surface area contributed by atoms with Crippen LogP contribution < -0.4 is 5.56 Å². The van der Waals surface area contributed by atoms with Crippen LogP contribution in [0.25, 0.3) is 21.9 Å². The summed E-state index contributed by atoms with van der Waals surface area (Å²) in [6.45, 7) is 0.841. The molecule has 222 valence electrons. The Morgan fingerprint density at radius 2 is 1.70 bits per heavy atom. The molecule has 1 unspecified atom stereocenters. The lowest BCUT2D eigenvalue weighted by atomic mass is 9.89. The zero-order valence-electron chi connectivity index (χ0n) is 23.2. The predicted molar refractivity (Wildman–Crippen MR) is 158 cm³/mol. The van der Waals surface area contributed by atoms with Crippen LogP contribution in [0.1, 0.15) is 45.9 Å². The number of likely N-dealkylation sites (N-methyl/N-ethyl adjacent to an activating group) is 1. The molecule has 43 heavy (non-hydrogen) atoms. The summed E-state index contributed by atoms with van der Waals surface area (Å²) in [6.07, 6.45) is -3.04. The zero-order valence-corrected chi connectivity index (χ0v) is 24.0. The predicted octanol–water partition coefficient (Wildman–Crippen LogP) is 6.09. The molecule has 6 rings (SSSR count). The molecule has 1 N–H and O–H groups in total. The fourth-order valence-electron chi connectivity index (χ4n) is 6.05. The molecular formula is C32H28F3N3O4S. The molecule has 2 aliphatic heterocycles. The molecule has 4 aromatic rings. The monoisotopic (exact) mass is 607 g/mol. The van der Waals surface area contributed by atoms with Gasteiger partial charge in [0.1, 0.15) is 16.6 Å². The fourth-order valence-corrected chi connectivity index (χ4v) is 7.19. The summed E-state index contributed by atoms with van der Waals surface area (Å²) < 4.78 is 44.6. The molecule has 3 heterocycles. The second-order valence-corrected chi connectivity index (χ2v) is 12.1. The number of alkyl halides is 3. The second kappa shape index (κ2) is 11.2. The Kier molecular flexibility index (Phi) is 7.55. The molecule has 0 spiro atoms. The van der Waals surface area contributed by atoms with Crippen LogP contribution in [0.4, 0.5) is 13.2 Å². The number of carbonyl (C=O) groups excluding carboxylic acids is 1. The number of carboxylic acid groups (broad SMARTS) is 1. The lowest BCUT2D eigenvalue weighted by molar-refractivity contribution is -0.141. The van der Waals surface area contributed by atoms with Crippen LogP contribution in [0, 0.1) is 0 Å². The number of aliphatic carboxylic acids is 1. The van der Waals surface area contributed by atoms with Crippen molar-refractivity contribution in [1.82, 2.24) is 13.8 Å². The molecule has 1 aromatic heterocycles. The second-order valence-electron chi connectivity index (χ2n) is 10.9. The van der Waals surface area contributed by atoms with Gasteiger partial charge in [0.2, 0.25) is 0 Å². The molecule has 0 bridgehead atoms. The number of amides is 1. The number of carboxylic acids is 1. The first-order valence-corrected chi connectivity index (χ1v) is 14.7. The van der Waals surface area contributed by atoms with E-state index in [1.165, 1.54) is 12.1 Å². The number of hydrogen-bond acceptors (Lipinski definition) is 5. The fraction of sp³-hybridized carbons (Fsp3) is 0.281. The average Bonchev–Trinajstić information content (AvgIpc) is 3.52. The molecule has 0 aliphatic carbocycles. The van der Waals surface area contributed by atoms with Gasteiger partial charge in [-0.1, -0.05) is 54.6 Å². The van der Waals surface area contributed by atoms with E-state index in [9.17, 15) is 32.7 Å². The molecule has 2 aliphatic rings. The van der Waals surface area contributed by atoms with Crippen LogP contribution >= 0.6 is 11.9 Å². The molecule has 0 radical (unpaired) electrons. The van der Waals surface area contributed by atoms with Crippen molar-refractivity contribution in [2.45, 2.75) is 36.5 Å². The number of rotatable bonds is 5. The molecule has 3 aromatic carbocycles. The highest BCUT2D eigenvalue weighted by Gasteiger charge is 2.39. The lowest BCUT2D eigenvalue weighted by Gasteiger charge is -2.34. The van der Waals surface area contributed by atoms with Crippen molar-refractivity contribution < 1.29 is 27.9 Å². The average molecular weight is 608 g/mol. The number of pyridine rings is 1. The van der Waals surface area contributed by atoms with Gasteiger partial charge in [0.05, 0.1) is 5.56 Å². The van der Waals surface area contributed by atoms with Gasteiger partial charge in [-0.2, -0.15) is 13.2 Å². The quantitative estimate of drug-likeness (QED) is 0.277. The van der Waals surface area contributed by atoms with Crippen LogP contribution in [0.15, 0.2) is 76.6 Å². The highest BCUT2D eigenvalue weighted by molar-refractivity contribution is 7.97. The Morgan fingerprint density at radius 1 is 1.00 bits per heavy atom. The van der Waals surface area contributed by atoms with E-state index in [1.807, 2.05) is 42.5 Å². The van der Waals surface area contributed by atoms with Gasteiger partial charge in [0.15, 0.2) is 0 Å². The Labute approximate surface area is 249 Å². The van der Waals surface area contributed by atoms with E-state index in [4.69, 9.17) is 0 Å². The molecule has 1 fully saturated rings. The Hall–Kier alpha value is -4.09. The number of aromatic nitrogens is 1. The van der Waals surface area contributed by atoms with Gasteiger partial charge in [0, 0.05) is 25.2 Å². The summed E-state index contributed by atoms with van der Waals surface area (Å²) >= 11 is 1.09. The number of benzene rings is 3. The Morgan fingerprint density at radius 3 is 2.42 bits per heavy atom. The van der Waals surface area contributed by atoms with Crippen molar-refractivity contribution >= 4 is 34.6 Å². The number of fused-ring (bicyclic) bond motifs is 2. The highest BCUT2D eigenvalue weighted by atomic mass is 32.2. The minimum atomic E-state index is -4.64. The van der Waals surface area contributed by atoms with E-state index in [0.29, 0.717) is 13.1 Å².